The van der Waals surface area contributed by atoms with Gasteiger partial charge < -0.3 is 9.64 Å². The Hall–Kier alpha value is -1.23. The first-order valence-corrected chi connectivity index (χ1v) is 7.67. The number of benzene rings is 1. The van der Waals surface area contributed by atoms with Gasteiger partial charge in [-0.1, -0.05) is 23.2 Å². The van der Waals surface area contributed by atoms with Crippen LogP contribution in [-0.4, -0.2) is 56.0 Å². The van der Waals surface area contributed by atoms with E-state index in [1.54, 1.807) is 6.07 Å². The molecular formula is C15H17Cl2N3O. The van der Waals surface area contributed by atoms with Crippen molar-refractivity contribution in [2.75, 3.05) is 39.8 Å². The van der Waals surface area contributed by atoms with Crippen LogP contribution >= 0.6 is 23.2 Å². The van der Waals surface area contributed by atoms with E-state index in [4.69, 9.17) is 27.9 Å². The minimum Gasteiger partial charge on any atom is -0.487 e. The van der Waals surface area contributed by atoms with Crippen LogP contribution in [0, 0.1) is 0 Å². The van der Waals surface area contributed by atoms with E-state index in [-0.39, 0.29) is 0 Å². The van der Waals surface area contributed by atoms with E-state index in [1.807, 2.05) is 18.4 Å². The highest BCUT2D eigenvalue weighted by Gasteiger charge is 2.16. The zero-order valence-corrected chi connectivity index (χ0v) is 13.4. The van der Waals surface area contributed by atoms with Crippen LogP contribution in [0.2, 0.25) is 10.0 Å². The van der Waals surface area contributed by atoms with Gasteiger partial charge in [0.1, 0.15) is 12.4 Å². The summed E-state index contributed by atoms with van der Waals surface area (Å²) in [7, 11) is 2.13. The van der Waals surface area contributed by atoms with Gasteiger partial charge in [-0.3, -0.25) is 5.01 Å². The van der Waals surface area contributed by atoms with E-state index >= 15 is 0 Å². The fraction of sp³-hybridized carbons (Fsp3) is 0.400. The van der Waals surface area contributed by atoms with Gasteiger partial charge in [0.05, 0.1) is 11.2 Å². The van der Waals surface area contributed by atoms with E-state index in [0.29, 0.717) is 22.4 Å². The smallest absolute Gasteiger partial charge is 0.145 e. The second-order valence-corrected chi connectivity index (χ2v) is 6.16. The van der Waals surface area contributed by atoms with Crippen molar-refractivity contribution in [3.05, 3.63) is 33.3 Å². The summed E-state index contributed by atoms with van der Waals surface area (Å²) in [6.07, 6.45) is 3.89. The second kappa shape index (κ2) is 6.26. The maximum absolute atomic E-state index is 6.12. The number of hydrogen-bond acceptors (Lipinski definition) is 4. The Morgan fingerprint density at radius 1 is 1.19 bits per heavy atom. The number of piperazine rings is 1. The maximum atomic E-state index is 6.12. The molecule has 1 aromatic carbocycles. The molecule has 1 fully saturated rings. The lowest BCUT2D eigenvalue weighted by molar-refractivity contribution is 0.159. The summed E-state index contributed by atoms with van der Waals surface area (Å²) >= 11 is 12.1. The lowest BCUT2D eigenvalue weighted by atomic mass is 10.1. The Morgan fingerprint density at radius 3 is 2.71 bits per heavy atom. The molecule has 4 nitrogen and oxygen atoms in total. The van der Waals surface area contributed by atoms with Crippen LogP contribution in [0.15, 0.2) is 22.8 Å². The number of rotatable bonds is 2. The summed E-state index contributed by atoms with van der Waals surface area (Å²) in [6.45, 7) is 4.47. The Balaban J connectivity index is 1.73. The number of hydrogen-bond donors (Lipinski definition) is 0. The molecule has 21 heavy (non-hydrogen) atoms. The van der Waals surface area contributed by atoms with E-state index in [2.05, 4.69) is 22.1 Å². The van der Waals surface area contributed by atoms with Crippen molar-refractivity contribution < 1.29 is 4.74 Å². The molecule has 3 rings (SSSR count). The van der Waals surface area contributed by atoms with Gasteiger partial charge in [-0.05, 0) is 25.3 Å². The molecular weight excluding hydrogens is 309 g/mol. The second-order valence-electron chi connectivity index (χ2n) is 5.32. The lowest BCUT2D eigenvalue weighted by Crippen LogP contribution is -2.41. The molecule has 112 valence electrons. The summed E-state index contributed by atoms with van der Waals surface area (Å²) in [5.74, 6) is 0.692. The molecule has 0 aliphatic carbocycles. The molecule has 0 atom stereocenters. The van der Waals surface area contributed by atoms with Crippen LogP contribution in [0.4, 0.5) is 0 Å². The molecule has 0 aromatic heterocycles. The first kappa shape index (κ1) is 14.7. The summed E-state index contributed by atoms with van der Waals surface area (Å²) in [5, 5.41) is 7.76. The average molecular weight is 326 g/mol. The van der Waals surface area contributed by atoms with E-state index in [0.717, 1.165) is 37.3 Å². The van der Waals surface area contributed by atoms with Gasteiger partial charge in [0.15, 0.2) is 0 Å². The van der Waals surface area contributed by atoms with Crippen LogP contribution in [0.25, 0.3) is 6.08 Å². The zero-order chi connectivity index (χ0) is 14.8. The maximum Gasteiger partial charge on any atom is 0.145 e. The number of fused-ring (bicyclic) bond motifs is 1. The van der Waals surface area contributed by atoms with Crippen LogP contribution < -0.4 is 4.74 Å². The fourth-order valence-corrected chi connectivity index (χ4v) is 2.94. The summed E-state index contributed by atoms with van der Waals surface area (Å²) in [5.41, 5.74) is 1.92. The fourth-order valence-electron chi connectivity index (χ4n) is 2.38. The average Bonchev–Trinajstić information content (AvgIpc) is 2.46. The Morgan fingerprint density at radius 2 is 1.95 bits per heavy atom. The van der Waals surface area contributed by atoms with Crippen molar-refractivity contribution in [1.82, 2.24) is 9.91 Å². The molecule has 6 heteroatoms. The molecule has 2 aliphatic heterocycles. The molecule has 0 radical (unpaired) electrons. The Bertz CT molecular complexity index is 593. The summed E-state index contributed by atoms with van der Waals surface area (Å²) in [4.78, 5) is 2.30. The first-order chi connectivity index (χ1) is 10.1. The molecule has 0 bridgehead atoms. The number of nitrogens with zero attached hydrogens (tertiary/aromatic N) is 3. The van der Waals surface area contributed by atoms with Gasteiger partial charge in [0.25, 0.3) is 0 Å². The van der Waals surface area contributed by atoms with Crippen molar-refractivity contribution in [3.8, 4) is 5.75 Å². The molecule has 0 spiro atoms. The standard InChI is InChI=1S/C15H17Cl2N3O/c1-19-2-4-20(5-3-19)18-9-11-6-12-7-13(16)8-14(17)15(12)21-10-11/h6-9H,2-5,10H2,1H3/b18-9+. The third kappa shape index (κ3) is 3.51. The monoisotopic (exact) mass is 325 g/mol. The lowest BCUT2D eigenvalue weighted by Gasteiger charge is -2.30. The predicted molar refractivity (Wildman–Crippen MR) is 87.5 cm³/mol. The normalized spacial score (nSPS) is 19.4. The molecule has 2 aliphatic rings. The van der Waals surface area contributed by atoms with Crippen LogP contribution in [0.1, 0.15) is 5.56 Å². The molecule has 0 N–H and O–H groups in total. The van der Waals surface area contributed by atoms with Crippen LogP contribution in [0.3, 0.4) is 0 Å². The number of likely N-dealkylation sites (N-methyl/N-ethyl adjacent to an activating group) is 1. The molecule has 1 aromatic rings. The summed E-state index contributed by atoms with van der Waals surface area (Å²) in [6, 6.07) is 3.55. The quantitative estimate of drug-likeness (QED) is 0.782. The largest absolute Gasteiger partial charge is 0.487 e. The van der Waals surface area contributed by atoms with E-state index < -0.39 is 0 Å². The molecule has 2 heterocycles. The summed E-state index contributed by atoms with van der Waals surface area (Å²) < 4.78 is 5.70. The Labute approximate surface area is 134 Å². The van der Waals surface area contributed by atoms with Crippen molar-refractivity contribution >= 4 is 35.5 Å². The van der Waals surface area contributed by atoms with Gasteiger partial charge in [-0.15, -0.1) is 0 Å². The first-order valence-electron chi connectivity index (χ1n) is 6.92. The third-order valence-corrected chi connectivity index (χ3v) is 4.13. The van der Waals surface area contributed by atoms with E-state index in [1.165, 1.54) is 0 Å². The van der Waals surface area contributed by atoms with Gasteiger partial charge in [-0.2, -0.15) is 5.10 Å². The van der Waals surface area contributed by atoms with Crippen LogP contribution in [0.5, 0.6) is 5.75 Å². The molecule has 1 saturated heterocycles. The topological polar surface area (TPSA) is 28.1 Å². The minimum atomic E-state index is 0.478. The molecule has 0 saturated carbocycles. The number of ether oxygens (including phenoxy) is 1. The molecule has 0 unspecified atom stereocenters. The Kier molecular flexibility index (Phi) is 4.38. The third-order valence-electron chi connectivity index (χ3n) is 3.63. The predicted octanol–water partition coefficient (Wildman–Crippen LogP) is 3.00. The van der Waals surface area contributed by atoms with Gasteiger partial charge >= 0.3 is 0 Å². The number of hydrazone groups is 1. The minimum absolute atomic E-state index is 0.478. The van der Waals surface area contributed by atoms with Gasteiger partial charge in [0, 0.05) is 42.3 Å². The highest BCUT2D eigenvalue weighted by Crippen LogP contribution is 2.36. The molecule has 0 amide bonds. The van der Waals surface area contributed by atoms with E-state index in [9.17, 15) is 0 Å². The van der Waals surface area contributed by atoms with Crippen LogP contribution in [-0.2, 0) is 0 Å². The van der Waals surface area contributed by atoms with Crippen molar-refractivity contribution in [3.63, 3.8) is 0 Å². The van der Waals surface area contributed by atoms with Crippen molar-refractivity contribution in [2.24, 2.45) is 5.10 Å². The number of halogens is 2. The van der Waals surface area contributed by atoms with Crippen molar-refractivity contribution in [1.29, 1.82) is 0 Å². The highest BCUT2D eigenvalue weighted by atomic mass is 35.5. The zero-order valence-electron chi connectivity index (χ0n) is 11.9. The van der Waals surface area contributed by atoms with Crippen molar-refractivity contribution in [2.45, 2.75) is 0 Å². The van der Waals surface area contributed by atoms with Gasteiger partial charge in [-0.25, -0.2) is 0 Å². The van der Waals surface area contributed by atoms with Gasteiger partial charge in [0.2, 0.25) is 0 Å². The highest BCUT2D eigenvalue weighted by molar-refractivity contribution is 6.36. The SMILES string of the molecule is CN1CCN(/N=C/C2=Cc3cc(Cl)cc(Cl)c3OC2)CC1.